The second kappa shape index (κ2) is 7.33. The second-order valence-corrected chi connectivity index (χ2v) is 5.34. The molecule has 2 rings (SSSR count). The Labute approximate surface area is 142 Å². The van der Waals surface area contributed by atoms with Crippen molar-refractivity contribution in [2.45, 2.75) is 19.6 Å². The molecule has 1 aromatic carbocycles. The summed E-state index contributed by atoms with van der Waals surface area (Å²) in [6.45, 7) is 8.67. The molecule has 0 amide bonds. The predicted molar refractivity (Wildman–Crippen MR) is 85.5 cm³/mol. The fourth-order valence-corrected chi connectivity index (χ4v) is 2.08. The van der Waals surface area contributed by atoms with Crippen LogP contribution in [0.4, 0.5) is 13.2 Å². The number of halogens is 3. The SMILES string of the molecule is C=CCOC(=O)C(=C)Cn1cnc(-c2cc(C)cc(C(F)(F)F)c2)n1. The molecule has 0 atom stereocenters. The van der Waals surface area contributed by atoms with Crippen LogP contribution in [0.5, 0.6) is 0 Å². The largest absolute Gasteiger partial charge is 0.458 e. The van der Waals surface area contributed by atoms with Gasteiger partial charge in [0.15, 0.2) is 5.82 Å². The topological polar surface area (TPSA) is 57.0 Å². The second-order valence-electron chi connectivity index (χ2n) is 5.34. The number of carbonyl (C=O) groups is 1. The van der Waals surface area contributed by atoms with Crippen molar-refractivity contribution in [2.24, 2.45) is 0 Å². The molecule has 0 saturated carbocycles. The monoisotopic (exact) mass is 351 g/mol. The number of aromatic nitrogens is 3. The van der Waals surface area contributed by atoms with E-state index in [-0.39, 0.29) is 30.1 Å². The number of carbonyl (C=O) groups excluding carboxylic acids is 1. The Balaban J connectivity index is 2.19. The molecule has 0 aliphatic rings. The molecule has 0 bridgehead atoms. The van der Waals surface area contributed by atoms with Gasteiger partial charge in [-0.25, -0.2) is 14.5 Å². The number of ether oxygens (including phenoxy) is 1. The van der Waals surface area contributed by atoms with E-state index in [0.717, 1.165) is 12.1 Å². The van der Waals surface area contributed by atoms with Gasteiger partial charge >= 0.3 is 12.1 Å². The Morgan fingerprint density at radius 3 is 2.72 bits per heavy atom. The Morgan fingerprint density at radius 1 is 1.36 bits per heavy atom. The lowest BCUT2D eigenvalue weighted by Crippen LogP contribution is -2.13. The van der Waals surface area contributed by atoms with Crippen molar-refractivity contribution in [3.8, 4) is 11.4 Å². The Morgan fingerprint density at radius 2 is 2.08 bits per heavy atom. The zero-order chi connectivity index (χ0) is 18.6. The quantitative estimate of drug-likeness (QED) is 0.454. The zero-order valence-electron chi connectivity index (χ0n) is 13.5. The molecule has 5 nitrogen and oxygen atoms in total. The van der Waals surface area contributed by atoms with Crippen LogP contribution in [-0.2, 0) is 22.3 Å². The summed E-state index contributed by atoms with van der Waals surface area (Å²) in [4.78, 5) is 15.6. The van der Waals surface area contributed by atoms with Gasteiger partial charge in [0.05, 0.1) is 17.7 Å². The minimum Gasteiger partial charge on any atom is -0.458 e. The van der Waals surface area contributed by atoms with E-state index in [1.807, 2.05) is 0 Å². The van der Waals surface area contributed by atoms with Crippen LogP contribution in [0.3, 0.4) is 0 Å². The van der Waals surface area contributed by atoms with E-state index >= 15 is 0 Å². The molecule has 0 aliphatic carbocycles. The van der Waals surface area contributed by atoms with Crippen LogP contribution in [0.1, 0.15) is 11.1 Å². The van der Waals surface area contributed by atoms with Crippen molar-refractivity contribution in [1.29, 1.82) is 0 Å². The molecule has 0 fully saturated rings. The maximum absolute atomic E-state index is 12.9. The van der Waals surface area contributed by atoms with E-state index in [4.69, 9.17) is 4.74 Å². The van der Waals surface area contributed by atoms with Gasteiger partial charge in [-0.05, 0) is 30.7 Å². The van der Waals surface area contributed by atoms with E-state index in [2.05, 4.69) is 23.2 Å². The number of aryl methyl sites for hydroxylation is 1. The van der Waals surface area contributed by atoms with Gasteiger partial charge in [-0.3, -0.25) is 0 Å². The number of hydrogen-bond donors (Lipinski definition) is 0. The normalized spacial score (nSPS) is 11.2. The lowest BCUT2D eigenvalue weighted by molar-refractivity contribution is -0.138. The summed E-state index contributed by atoms with van der Waals surface area (Å²) >= 11 is 0. The van der Waals surface area contributed by atoms with Gasteiger partial charge in [-0.2, -0.15) is 18.3 Å². The molecule has 2 aromatic rings. The molecule has 8 heteroatoms. The van der Waals surface area contributed by atoms with Gasteiger partial charge in [0.25, 0.3) is 0 Å². The summed E-state index contributed by atoms with van der Waals surface area (Å²) in [5.74, 6) is -0.478. The van der Waals surface area contributed by atoms with E-state index < -0.39 is 17.7 Å². The molecule has 0 spiro atoms. The highest BCUT2D eigenvalue weighted by Crippen LogP contribution is 2.32. The molecule has 132 valence electrons. The van der Waals surface area contributed by atoms with Crippen LogP contribution in [0, 0.1) is 6.92 Å². The first kappa shape index (κ1) is 18.4. The standard InChI is InChI=1S/C17H16F3N3O2/c1-4-5-25-16(24)12(3)9-23-10-21-15(22-23)13-6-11(2)7-14(8-13)17(18,19)20/h4,6-8,10H,1,3,5,9H2,2H3. The van der Waals surface area contributed by atoms with Crippen LogP contribution in [-0.4, -0.2) is 27.3 Å². The smallest absolute Gasteiger partial charge is 0.416 e. The summed E-state index contributed by atoms with van der Waals surface area (Å²) in [6.07, 6.45) is -1.71. The van der Waals surface area contributed by atoms with Gasteiger partial charge in [0.1, 0.15) is 12.9 Å². The molecular formula is C17H16F3N3O2. The summed E-state index contributed by atoms with van der Waals surface area (Å²) in [5, 5.41) is 4.10. The highest BCUT2D eigenvalue weighted by atomic mass is 19.4. The first-order valence-corrected chi connectivity index (χ1v) is 7.25. The summed E-state index contributed by atoms with van der Waals surface area (Å²) in [7, 11) is 0. The molecule has 0 N–H and O–H groups in total. The Hall–Kier alpha value is -2.90. The summed E-state index contributed by atoms with van der Waals surface area (Å²) in [6, 6.07) is 3.60. The number of alkyl halides is 3. The number of esters is 1. The van der Waals surface area contributed by atoms with Crippen molar-refractivity contribution < 1.29 is 22.7 Å². The fraction of sp³-hybridized carbons (Fsp3) is 0.235. The third kappa shape index (κ3) is 4.79. The summed E-state index contributed by atoms with van der Waals surface area (Å²) < 4.78 is 44.9. The zero-order valence-corrected chi connectivity index (χ0v) is 13.5. The van der Waals surface area contributed by atoms with Crippen LogP contribution >= 0.6 is 0 Å². The van der Waals surface area contributed by atoms with E-state index in [1.165, 1.54) is 17.1 Å². The third-order valence-corrected chi connectivity index (χ3v) is 3.17. The number of benzene rings is 1. The third-order valence-electron chi connectivity index (χ3n) is 3.17. The van der Waals surface area contributed by atoms with E-state index in [0.29, 0.717) is 5.56 Å². The molecule has 0 radical (unpaired) electrons. The van der Waals surface area contributed by atoms with Crippen LogP contribution < -0.4 is 0 Å². The Kier molecular flexibility index (Phi) is 5.41. The van der Waals surface area contributed by atoms with Crippen molar-refractivity contribution in [3.63, 3.8) is 0 Å². The molecule has 25 heavy (non-hydrogen) atoms. The maximum atomic E-state index is 12.9. The average Bonchev–Trinajstić information content (AvgIpc) is 2.99. The molecule has 1 heterocycles. The first-order valence-electron chi connectivity index (χ1n) is 7.25. The van der Waals surface area contributed by atoms with Crippen LogP contribution in [0.15, 0.2) is 49.3 Å². The highest BCUT2D eigenvalue weighted by Gasteiger charge is 2.31. The van der Waals surface area contributed by atoms with Gasteiger partial charge in [-0.1, -0.05) is 19.2 Å². The summed E-state index contributed by atoms with van der Waals surface area (Å²) in [5.41, 5.74) is 0.0549. The van der Waals surface area contributed by atoms with Crippen molar-refractivity contribution in [3.05, 3.63) is 60.5 Å². The highest BCUT2D eigenvalue weighted by molar-refractivity contribution is 5.87. The molecular weight excluding hydrogens is 335 g/mol. The van der Waals surface area contributed by atoms with Gasteiger partial charge in [0.2, 0.25) is 0 Å². The molecule has 0 saturated heterocycles. The first-order chi connectivity index (χ1) is 11.7. The maximum Gasteiger partial charge on any atom is 0.416 e. The number of hydrogen-bond acceptors (Lipinski definition) is 4. The minimum atomic E-state index is -4.45. The minimum absolute atomic E-state index is 0.0148. The molecule has 0 aliphatic heterocycles. The molecule has 0 unspecified atom stereocenters. The van der Waals surface area contributed by atoms with Crippen LogP contribution in [0.2, 0.25) is 0 Å². The lowest BCUT2D eigenvalue weighted by Gasteiger charge is -2.09. The average molecular weight is 351 g/mol. The molecule has 1 aromatic heterocycles. The van der Waals surface area contributed by atoms with Gasteiger partial charge < -0.3 is 4.74 Å². The Bertz CT molecular complexity index is 810. The van der Waals surface area contributed by atoms with Crippen molar-refractivity contribution in [2.75, 3.05) is 6.61 Å². The van der Waals surface area contributed by atoms with Crippen molar-refractivity contribution in [1.82, 2.24) is 14.8 Å². The number of rotatable bonds is 6. The van der Waals surface area contributed by atoms with Gasteiger partial charge in [0, 0.05) is 5.56 Å². The van der Waals surface area contributed by atoms with Crippen molar-refractivity contribution >= 4 is 5.97 Å². The fourth-order valence-electron chi connectivity index (χ4n) is 2.08. The van der Waals surface area contributed by atoms with E-state index in [9.17, 15) is 18.0 Å². The van der Waals surface area contributed by atoms with Crippen LogP contribution in [0.25, 0.3) is 11.4 Å². The number of nitrogens with zero attached hydrogens (tertiary/aromatic N) is 3. The van der Waals surface area contributed by atoms with E-state index in [1.54, 1.807) is 13.0 Å². The lowest BCUT2D eigenvalue weighted by atomic mass is 10.1. The predicted octanol–water partition coefficient (Wildman–Crippen LogP) is 3.56. The van der Waals surface area contributed by atoms with Gasteiger partial charge in [-0.15, -0.1) is 0 Å².